The molecule has 2 atom stereocenters. The van der Waals surface area contributed by atoms with Gasteiger partial charge in [0.25, 0.3) is 0 Å². The van der Waals surface area contributed by atoms with E-state index in [4.69, 9.17) is 13.9 Å². The van der Waals surface area contributed by atoms with E-state index in [0.717, 1.165) is 34.5 Å². The second-order valence-corrected chi connectivity index (χ2v) is 6.53. The van der Waals surface area contributed by atoms with Crippen LogP contribution in [0.4, 0.5) is 0 Å². The Bertz CT molecular complexity index is 646. The Kier molecular flexibility index (Phi) is 2.72. The van der Waals surface area contributed by atoms with Gasteiger partial charge in [-0.1, -0.05) is 6.92 Å². The highest BCUT2D eigenvalue weighted by Gasteiger charge is 2.52. The molecule has 1 aromatic rings. The Morgan fingerprint density at radius 3 is 2.67 bits per heavy atom. The Morgan fingerprint density at radius 2 is 1.95 bits per heavy atom. The van der Waals surface area contributed by atoms with Crippen molar-refractivity contribution < 1.29 is 18.7 Å². The quantitative estimate of drug-likeness (QED) is 0.734. The maximum atomic E-state index is 12.5. The molecule has 0 amide bonds. The van der Waals surface area contributed by atoms with E-state index in [1.54, 1.807) is 6.26 Å². The number of furan rings is 1. The molecule has 1 fully saturated rings. The van der Waals surface area contributed by atoms with Crippen LogP contribution in [-0.4, -0.2) is 24.8 Å². The summed E-state index contributed by atoms with van der Waals surface area (Å²) in [7, 11) is 0. The number of ketones is 1. The molecule has 2 aliphatic carbocycles. The largest absolute Gasteiger partial charge is 0.464 e. The van der Waals surface area contributed by atoms with E-state index >= 15 is 0 Å². The first-order valence-electron chi connectivity index (χ1n) is 7.64. The van der Waals surface area contributed by atoms with E-state index in [2.05, 4.69) is 13.8 Å². The Morgan fingerprint density at radius 1 is 1.24 bits per heavy atom. The minimum absolute atomic E-state index is 0.195. The first-order chi connectivity index (χ1) is 10.0. The molecule has 0 unspecified atom stereocenters. The molecule has 4 nitrogen and oxygen atoms in total. The van der Waals surface area contributed by atoms with E-state index in [1.165, 1.54) is 0 Å². The lowest BCUT2D eigenvalue weighted by molar-refractivity contribution is -0.130. The fourth-order valence-corrected chi connectivity index (χ4v) is 4.17. The van der Waals surface area contributed by atoms with E-state index in [-0.39, 0.29) is 17.6 Å². The van der Waals surface area contributed by atoms with Crippen molar-refractivity contribution in [2.75, 3.05) is 13.2 Å². The summed E-state index contributed by atoms with van der Waals surface area (Å²) in [6.45, 7) is 7.41. The van der Waals surface area contributed by atoms with Gasteiger partial charge in [0.1, 0.15) is 5.76 Å². The van der Waals surface area contributed by atoms with Crippen molar-refractivity contribution in [3.05, 3.63) is 28.7 Å². The highest BCUT2D eigenvalue weighted by atomic mass is 16.7. The molecule has 0 N–H and O–H groups in total. The molecular weight excluding hydrogens is 268 g/mol. The zero-order chi connectivity index (χ0) is 14.8. The van der Waals surface area contributed by atoms with Crippen LogP contribution in [0.15, 0.2) is 16.3 Å². The van der Waals surface area contributed by atoms with Crippen LogP contribution in [0.3, 0.4) is 0 Å². The number of hydrogen-bond acceptors (Lipinski definition) is 4. The molecule has 0 radical (unpaired) electrons. The predicted octanol–water partition coefficient (Wildman–Crippen LogP) is 3.35. The number of fused-ring (bicyclic) bond motifs is 3. The number of aryl methyl sites for hydroxylation is 1. The van der Waals surface area contributed by atoms with Crippen molar-refractivity contribution in [1.29, 1.82) is 0 Å². The van der Waals surface area contributed by atoms with Crippen molar-refractivity contribution >= 4 is 11.4 Å². The molecule has 1 saturated heterocycles. The van der Waals surface area contributed by atoms with Gasteiger partial charge < -0.3 is 13.9 Å². The molecule has 0 aromatic carbocycles. The fourth-order valence-electron chi connectivity index (χ4n) is 4.17. The summed E-state index contributed by atoms with van der Waals surface area (Å²) in [5.41, 5.74) is 3.91. The van der Waals surface area contributed by atoms with E-state index in [1.807, 2.05) is 6.92 Å². The molecule has 1 spiro atoms. The van der Waals surface area contributed by atoms with Crippen LogP contribution < -0.4 is 0 Å². The van der Waals surface area contributed by atoms with Crippen LogP contribution in [0.5, 0.6) is 0 Å². The van der Waals surface area contributed by atoms with Crippen LogP contribution in [-0.2, 0) is 9.47 Å². The first kappa shape index (κ1) is 13.3. The number of carbonyl (C=O) groups is 1. The van der Waals surface area contributed by atoms with Crippen molar-refractivity contribution in [2.45, 2.75) is 39.4 Å². The molecular formula is C17H20O4. The topological polar surface area (TPSA) is 48.7 Å². The van der Waals surface area contributed by atoms with Gasteiger partial charge in [-0.3, -0.25) is 4.79 Å². The minimum Gasteiger partial charge on any atom is -0.464 e. The summed E-state index contributed by atoms with van der Waals surface area (Å²) in [4.78, 5) is 12.5. The minimum atomic E-state index is -0.591. The molecule has 3 aliphatic rings. The summed E-state index contributed by atoms with van der Waals surface area (Å²) in [5.74, 6) is 0.892. The number of carbonyl (C=O) groups excluding carboxylic acids is 1. The second kappa shape index (κ2) is 4.31. The standard InChI is InChI=1S/C17H20O4/c1-9-6-13(18)14-10(2)8-19-16(14)15-11(3)17(7-12(9)15)20-4-5-21-17/h8-9,12H,4-7H2,1-3H3/t9-,12+/m0/s1. The molecule has 4 rings (SSSR count). The van der Waals surface area contributed by atoms with E-state index in [0.29, 0.717) is 19.6 Å². The van der Waals surface area contributed by atoms with Gasteiger partial charge in [-0.15, -0.1) is 0 Å². The van der Waals surface area contributed by atoms with Gasteiger partial charge >= 0.3 is 0 Å². The summed E-state index contributed by atoms with van der Waals surface area (Å²) < 4.78 is 17.7. The average molecular weight is 288 g/mol. The molecule has 21 heavy (non-hydrogen) atoms. The van der Waals surface area contributed by atoms with Crippen molar-refractivity contribution in [3.8, 4) is 0 Å². The van der Waals surface area contributed by atoms with E-state index in [9.17, 15) is 4.79 Å². The molecule has 1 aromatic heterocycles. The summed E-state index contributed by atoms with van der Waals surface area (Å²) in [5, 5.41) is 0. The second-order valence-electron chi connectivity index (χ2n) is 6.53. The summed E-state index contributed by atoms with van der Waals surface area (Å²) in [6, 6.07) is 0. The SMILES string of the molecule is CC1=C2c3occ(C)c3C(=O)C[C@H](C)[C@H]2CC12OCCO2. The Balaban J connectivity index is 1.94. The van der Waals surface area contributed by atoms with Crippen molar-refractivity contribution in [2.24, 2.45) is 11.8 Å². The normalized spacial score (nSPS) is 30.7. The highest BCUT2D eigenvalue weighted by Crippen LogP contribution is 2.54. The van der Waals surface area contributed by atoms with Crippen LogP contribution in [0.2, 0.25) is 0 Å². The molecule has 0 saturated carbocycles. The van der Waals surface area contributed by atoms with Gasteiger partial charge in [0.2, 0.25) is 0 Å². The number of ether oxygens (including phenoxy) is 2. The zero-order valence-electron chi connectivity index (χ0n) is 12.7. The average Bonchev–Trinajstić information content (AvgIpc) is 3.09. The van der Waals surface area contributed by atoms with Crippen LogP contribution >= 0.6 is 0 Å². The number of rotatable bonds is 0. The number of Topliss-reactive ketones (excluding diaryl/α,β-unsaturated/α-hetero) is 1. The lowest BCUT2D eigenvalue weighted by Gasteiger charge is -2.25. The van der Waals surface area contributed by atoms with Crippen LogP contribution in [0, 0.1) is 18.8 Å². The highest BCUT2D eigenvalue weighted by molar-refractivity contribution is 6.03. The Hall–Kier alpha value is -1.39. The Labute approximate surface area is 124 Å². The number of allylic oxidation sites excluding steroid dienone is 1. The first-order valence-corrected chi connectivity index (χ1v) is 7.64. The smallest absolute Gasteiger partial charge is 0.191 e. The number of hydrogen-bond donors (Lipinski definition) is 0. The summed E-state index contributed by atoms with van der Waals surface area (Å²) in [6.07, 6.45) is 3.05. The zero-order valence-corrected chi connectivity index (χ0v) is 12.7. The lowest BCUT2D eigenvalue weighted by atomic mass is 9.86. The van der Waals surface area contributed by atoms with Crippen LogP contribution in [0.1, 0.15) is 48.4 Å². The molecule has 112 valence electrons. The van der Waals surface area contributed by atoms with Crippen molar-refractivity contribution in [3.63, 3.8) is 0 Å². The molecule has 2 heterocycles. The van der Waals surface area contributed by atoms with Gasteiger partial charge in [-0.2, -0.15) is 0 Å². The third-order valence-corrected chi connectivity index (χ3v) is 5.28. The molecule has 0 bridgehead atoms. The fraction of sp³-hybridized carbons (Fsp3) is 0.588. The third-order valence-electron chi connectivity index (χ3n) is 5.28. The maximum Gasteiger partial charge on any atom is 0.191 e. The van der Waals surface area contributed by atoms with Crippen LogP contribution in [0.25, 0.3) is 5.57 Å². The van der Waals surface area contributed by atoms with Gasteiger partial charge in [-0.05, 0) is 36.8 Å². The van der Waals surface area contributed by atoms with Gasteiger partial charge in [0, 0.05) is 18.4 Å². The van der Waals surface area contributed by atoms with Gasteiger partial charge in [-0.25, -0.2) is 0 Å². The molecule has 4 heteroatoms. The summed E-state index contributed by atoms with van der Waals surface area (Å²) >= 11 is 0. The van der Waals surface area contributed by atoms with Gasteiger partial charge in [0.05, 0.1) is 25.0 Å². The predicted molar refractivity (Wildman–Crippen MR) is 76.9 cm³/mol. The van der Waals surface area contributed by atoms with E-state index < -0.39 is 5.79 Å². The molecule has 1 aliphatic heterocycles. The lowest BCUT2D eigenvalue weighted by Crippen LogP contribution is -2.30. The van der Waals surface area contributed by atoms with Crippen molar-refractivity contribution in [1.82, 2.24) is 0 Å². The van der Waals surface area contributed by atoms with Gasteiger partial charge in [0.15, 0.2) is 11.6 Å². The maximum absolute atomic E-state index is 12.5. The monoisotopic (exact) mass is 288 g/mol. The third kappa shape index (κ3) is 1.66.